The van der Waals surface area contributed by atoms with E-state index in [2.05, 4.69) is 20.3 Å². The van der Waals surface area contributed by atoms with Gasteiger partial charge in [0.15, 0.2) is 28.3 Å². The van der Waals surface area contributed by atoms with Gasteiger partial charge < -0.3 is 18.7 Å². The van der Waals surface area contributed by atoms with Crippen LogP contribution in [0.3, 0.4) is 0 Å². The van der Waals surface area contributed by atoms with Crippen LogP contribution in [0.1, 0.15) is 43.7 Å². The van der Waals surface area contributed by atoms with Crippen molar-refractivity contribution in [1.29, 1.82) is 0 Å². The highest BCUT2D eigenvalue weighted by atomic mass is 32.2. The summed E-state index contributed by atoms with van der Waals surface area (Å²) in [4.78, 5) is 4.48. The Morgan fingerprint density at radius 1 is 0.971 bits per heavy atom. The molecule has 184 valence electrons. The number of para-hydroxylation sites is 1. The standard InChI is InChI=1S/C24H26FN5O4S/c1-13(2)21-26-23(34-29-21)14(3)35-24-28-27-22(30(24)17-10-8-7-9-16(17)25)15-11-18(31-4)20(33-6)19(12-15)32-5/h7-14H,1-6H3. The first-order valence-corrected chi connectivity index (χ1v) is 11.8. The van der Waals surface area contributed by atoms with Crippen LogP contribution in [0.15, 0.2) is 46.1 Å². The van der Waals surface area contributed by atoms with Crippen molar-refractivity contribution in [3.63, 3.8) is 0 Å². The van der Waals surface area contributed by atoms with Crippen molar-refractivity contribution in [3.05, 3.63) is 53.9 Å². The molecule has 4 rings (SSSR count). The fourth-order valence-corrected chi connectivity index (χ4v) is 4.34. The van der Waals surface area contributed by atoms with Gasteiger partial charge in [0.2, 0.25) is 11.6 Å². The normalized spacial score (nSPS) is 12.1. The first-order chi connectivity index (χ1) is 16.9. The number of aromatic nitrogens is 5. The van der Waals surface area contributed by atoms with Gasteiger partial charge in [-0.05, 0) is 31.2 Å². The van der Waals surface area contributed by atoms with Gasteiger partial charge in [-0.15, -0.1) is 10.2 Å². The second-order valence-electron chi connectivity index (χ2n) is 7.91. The summed E-state index contributed by atoms with van der Waals surface area (Å²) in [7, 11) is 4.59. The molecule has 0 aliphatic rings. The van der Waals surface area contributed by atoms with Crippen LogP contribution in [0.2, 0.25) is 0 Å². The molecule has 0 spiro atoms. The molecule has 2 heterocycles. The third kappa shape index (κ3) is 4.81. The molecule has 0 bridgehead atoms. The van der Waals surface area contributed by atoms with E-state index < -0.39 is 5.82 Å². The number of nitrogens with zero attached hydrogens (tertiary/aromatic N) is 5. The summed E-state index contributed by atoms with van der Waals surface area (Å²) < 4.78 is 38.5. The Morgan fingerprint density at radius 3 is 2.23 bits per heavy atom. The number of methoxy groups -OCH3 is 3. The Morgan fingerprint density at radius 2 is 1.66 bits per heavy atom. The van der Waals surface area contributed by atoms with Crippen molar-refractivity contribution < 1.29 is 23.1 Å². The maximum atomic E-state index is 15.0. The topological polar surface area (TPSA) is 97.3 Å². The highest BCUT2D eigenvalue weighted by Crippen LogP contribution is 2.43. The van der Waals surface area contributed by atoms with Gasteiger partial charge in [0.1, 0.15) is 5.82 Å². The third-order valence-electron chi connectivity index (χ3n) is 5.25. The summed E-state index contributed by atoms with van der Waals surface area (Å²) in [6, 6.07) is 9.92. The molecular formula is C24H26FN5O4S. The predicted octanol–water partition coefficient (Wildman–Crippen LogP) is 5.46. The fraction of sp³-hybridized carbons (Fsp3) is 0.333. The lowest BCUT2D eigenvalue weighted by atomic mass is 10.1. The molecule has 0 saturated carbocycles. The Kier molecular flexibility index (Phi) is 7.25. The average molecular weight is 500 g/mol. The molecule has 0 fully saturated rings. The average Bonchev–Trinajstić information content (AvgIpc) is 3.51. The smallest absolute Gasteiger partial charge is 0.239 e. The van der Waals surface area contributed by atoms with E-state index in [0.717, 1.165) is 0 Å². The quantitative estimate of drug-likeness (QED) is 0.278. The monoisotopic (exact) mass is 499 g/mol. The zero-order valence-electron chi connectivity index (χ0n) is 20.3. The number of thioether (sulfide) groups is 1. The van der Waals surface area contributed by atoms with E-state index in [1.165, 1.54) is 39.2 Å². The molecule has 9 nitrogen and oxygen atoms in total. The van der Waals surface area contributed by atoms with Crippen molar-refractivity contribution in [2.24, 2.45) is 0 Å². The Hall–Kier alpha value is -3.60. The number of halogens is 1. The molecule has 0 N–H and O–H groups in total. The Bertz CT molecular complexity index is 1300. The molecule has 1 atom stereocenters. The number of ether oxygens (including phenoxy) is 3. The highest BCUT2D eigenvalue weighted by Gasteiger charge is 2.25. The third-order valence-corrected chi connectivity index (χ3v) is 6.28. The van der Waals surface area contributed by atoms with Gasteiger partial charge in [-0.3, -0.25) is 4.57 Å². The van der Waals surface area contributed by atoms with Crippen LogP contribution in [0, 0.1) is 5.82 Å². The second-order valence-corrected chi connectivity index (χ2v) is 9.22. The largest absolute Gasteiger partial charge is 0.493 e. The van der Waals surface area contributed by atoms with Crippen LogP contribution in [-0.2, 0) is 0 Å². The summed E-state index contributed by atoms with van der Waals surface area (Å²) in [5.74, 6) is 2.53. The van der Waals surface area contributed by atoms with Gasteiger partial charge in [-0.2, -0.15) is 4.98 Å². The van der Waals surface area contributed by atoms with Crippen LogP contribution in [-0.4, -0.2) is 46.2 Å². The van der Waals surface area contributed by atoms with E-state index in [0.29, 0.717) is 51.2 Å². The Balaban J connectivity index is 1.83. The molecule has 4 aromatic rings. The van der Waals surface area contributed by atoms with E-state index in [-0.39, 0.29) is 11.2 Å². The van der Waals surface area contributed by atoms with E-state index >= 15 is 0 Å². The second kappa shape index (κ2) is 10.3. The molecule has 35 heavy (non-hydrogen) atoms. The fourth-order valence-electron chi connectivity index (χ4n) is 3.45. The van der Waals surface area contributed by atoms with Gasteiger partial charge >= 0.3 is 0 Å². The van der Waals surface area contributed by atoms with Crippen LogP contribution in [0.4, 0.5) is 4.39 Å². The van der Waals surface area contributed by atoms with Crippen molar-refractivity contribution >= 4 is 11.8 Å². The summed E-state index contributed by atoms with van der Waals surface area (Å²) in [6.07, 6.45) is 0. The molecular weight excluding hydrogens is 473 g/mol. The van der Waals surface area contributed by atoms with Gasteiger partial charge in [0, 0.05) is 11.5 Å². The van der Waals surface area contributed by atoms with Crippen molar-refractivity contribution in [3.8, 4) is 34.3 Å². The molecule has 0 amide bonds. The molecule has 0 aliphatic carbocycles. The molecule has 1 unspecified atom stereocenters. The molecule has 2 aromatic carbocycles. The lowest BCUT2D eigenvalue weighted by Crippen LogP contribution is -2.04. The number of hydrogen-bond donors (Lipinski definition) is 0. The van der Waals surface area contributed by atoms with Gasteiger partial charge in [-0.25, -0.2) is 4.39 Å². The van der Waals surface area contributed by atoms with Gasteiger partial charge in [0.25, 0.3) is 0 Å². The molecule has 2 aromatic heterocycles. The molecule has 0 aliphatic heterocycles. The summed E-state index contributed by atoms with van der Waals surface area (Å²) in [5, 5.41) is 13.0. The first kappa shape index (κ1) is 24.5. The van der Waals surface area contributed by atoms with Crippen LogP contribution >= 0.6 is 11.8 Å². The van der Waals surface area contributed by atoms with E-state index in [1.54, 1.807) is 34.9 Å². The summed E-state index contributed by atoms with van der Waals surface area (Å²) in [5.41, 5.74) is 0.902. The zero-order chi connectivity index (χ0) is 25.1. The summed E-state index contributed by atoms with van der Waals surface area (Å²) in [6.45, 7) is 5.90. The van der Waals surface area contributed by atoms with E-state index in [4.69, 9.17) is 18.7 Å². The number of benzene rings is 2. The molecule has 0 radical (unpaired) electrons. The summed E-state index contributed by atoms with van der Waals surface area (Å²) >= 11 is 1.33. The number of rotatable bonds is 9. The lowest BCUT2D eigenvalue weighted by molar-refractivity contribution is 0.324. The van der Waals surface area contributed by atoms with Crippen molar-refractivity contribution in [2.45, 2.75) is 37.1 Å². The highest BCUT2D eigenvalue weighted by molar-refractivity contribution is 7.99. The van der Waals surface area contributed by atoms with E-state index in [9.17, 15) is 4.39 Å². The van der Waals surface area contributed by atoms with Gasteiger partial charge in [-0.1, -0.05) is 42.9 Å². The van der Waals surface area contributed by atoms with Crippen molar-refractivity contribution in [2.75, 3.05) is 21.3 Å². The molecule has 11 heteroatoms. The maximum Gasteiger partial charge on any atom is 0.239 e. The minimum Gasteiger partial charge on any atom is -0.493 e. The zero-order valence-corrected chi connectivity index (χ0v) is 21.1. The van der Waals surface area contributed by atoms with Crippen molar-refractivity contribution in [1.82, 2.24) is 24.9 Å². The lowest BCUT2D eigenvalue weighted by Gasteiger charge is -2.16. The predicted molar refractivity (Wildman–Crippen MR) is 129 cm³/mol. The minimum absolute atomic E-state index is 0.137. The molecule has 0 saturated heterocycles. The number of hydrogen-bond acceptors (Lipinski definition) is 9. The van der Waals surface area contributed by atoms with Gasteiger partial charge in [0.05, 0.1) is 32.3 Å². The SMILES string of the molecule is COc1cc(-c2nnc(SC(C)c3nc(C(C)C)no3)n2-c2ccccc2F)cc(OC)c1OC. The van der Waals surface area contributed by atoms with Crippen LogP contribution in [0.5, 0.6) is 17.2 Å². The van der Waals surface area contributed by atoms with E-state index in [1.807, 2.05) is 20.8 Å². The maximum absolute atomic E-state index is 15.0. The minimum atomic E-state index is -0.421. The first-order valence-electron chi connectivity index (χ1n) is 10.9. The van der Waals surface area contributed by atoms with Crippen LogP contribution < -0.4 is 14.2 Å². The Labute approximate surface area is 206 Å². The van der Waals surface area contributed by atoms with Crippen LogP contribution in [0.25, 0.3) is 17.1 Å².